The van der Waals surface area contributed by atoms with Crippen molar-refractivity contribution in [3.05, 3.63) is 119 Å². The second-order valence-corrected chi connectivity index (χ2v) is 13.8. The number of β-lactam (4-membered cyclic amide) rings is 1. The Labute approximate surface area is 261 Å². The van der Waals surface area contributed by atoms with E-state index in [-0.39, 0.29) is 22.9 Å². The van der Waals surface area contributed by atoms with Crippen molar-refractivity contribution in [3.63, 3.8) is 0 Å². The van der Waals surface area contributed by atoms with Crippen LogP contribution in [0.4, 0.5) is 0 Å². The van der Waals surface area contributed by atoms with Crippen LogP contribution in [0, 0.1) is 5.41 Å². The van der Waals surface area contributed by atoms with Gasteiger partial charge in [-0.1, -0.05) is 91.0 Å². The standard InChI is InChI=1S/C35H36N4O4S/c36-33(43)34-16-19-39(20-17-34,21-18-34)22-24-23-44-31-28(30(40)38(31)29(24)32(41)42)37-35(25-10-4-1-5-11-25,26-12-6-2-7-13-26)27-14-8-3-9-15-27/h1-15,28,31,37H,16-23H2,(H2-,36,41,42,43)/p+1/t28-,31+,34?,39?/m1/s1. The zero-order valence-corrected chi connectivity index (χ0v) is 25.3. The number of hydrogen-bond acceptors (Lipinski definition) is 5. The predicted octanol–water partition coefficient (Wildman–Crippen LogP) is 3.68. The molecule has 0 saturated carbocycles. The van der Waals surface area contributed by atoms with Gasteiger partial charge in [-0.2, -0.15) is 0 Å². The van der Waals surface area contributed by atoms with Crippen LogP contribution in [0.1, 0.15) is 36.0 Å². The lowest BCUT2D eigenvalue weighted by molar-refractivity contribution is -0.940. The van der Waals surface area contributed by atoms with Crippen LogP contribution >= 0.6 is 11.8 Å². The molecule has 0 unspecified atom stereocenters. The molecule has 0 radical (unpaired) electrons. The van der Waals surface area contributed by atoms with E-state index in [9.17, 15) is 19.5 Å². The van der Waals surface area contributed by atoms with E-state index < -0.39 is 23.0 Å². The topological polar surface area (TPSA) is 113 Å². The highest BCUT2D eigenvalue weighted by Crippen LogP contribution is 2.48. The molecule has 5 aliphatic rings. The van der Waals surface area contributed by atoms with Gasteiger partial charge in [-0.25, -0.2) is 4.79 Å². The summed E-state index contributed by atoms with van der Waals surface area (Å²) in [6, 6.07) is 29.8. The number of carboxylic acids is 1. The minimum atomic E-state index is -1.06. The van der Waals surface area contributed by atoms with Crippen LogP contribution in [0.25, 0.3) is 0 Å². The van der Waals surface area contributed by atoms with Crippen molar-refractivity contribution >= 4 is 29.5 Å². The van der Waals surface area contributed by atoms with E-state index >= 15 is 0 Å². The number of aliphatic carboxylic acids is 1. The van der Waals surface area contributed by atoms with Gasteiger partial charge in [0.2, 0.25) is 11.8 Å². The Hall–Kier alpha value is -3.92. The molecule has 2 bridgehead atoms. The molecule has 2 atom stereocenters. The number of hydrogen-bond donors (Lipinski definition) is 3. The third kappa shape index (κ3) is 4.48. The van der Waals surface area contributed by atoms with Gasteiger partial charge in [-0.15, -0.1) is 11.8 Å². The van der Waals surface area contributed by atoms with Gasteiger partial charge in [0, 0.05) is 30.6 Å². The molecule has 226 valence electrons. The predicted molar refractivity (Wildman–Crippen MR) is 169 cm³/mol. The maximum atomic E-state index is 14.1. The zero-order chi connectivity index (χ0) is 30.5. The van der Waals surface area contributed by atoms with Gasteiger partial charge in [-0.05, 0) is 16.7 Å². The van der Waals surface area contributed by atoms with E-state index in [0.717, 1.165) is 65.6 Å². The lowest BCUT2D eigenvalue weighted by Gasteiger charge is -2.56. The van der Waals surface area contributed by atoms with Gasteiger partial charge in [0.05, 0.1) is 30.6 Å². The minimum absolute atomic E-state index is 0.131. The number of piperidine rings is 3. The number of nitrogens with one attached hydrogen (secondary N) is 1. The smallest absolute Gasteiger partial charge is 0.352 e. The molecule has 3 aromatic carbocycles. The lowest BCUT2D eigenvalue weighted by atomic mass is 9.70. The van der Waals surface area contributed by atoms with Crippen LogP contribution in [0.5, 0.6) is 0 Å². The first-order valence-electron chi connectivity index (χ1n) is 15.3. The number of nitrogens with two attached hydrogens (primary N) is 1. The second kappa shape index (κ2) is 10.9. The number of primary amides is 1. The molecule has 4 N–H and O–H groups in total. The van der Waals surface area contributed by atoms with Gasteiger partial charge in [0.1, 0.15) is 23.7 Å². The van der Waals surface area contributed by atoms with Crippen LogP contribution < -0.4 is 11.1 Å². The van der Waals surface area contributed by atoms with E-state index in [2.05, 4.69) is 41.7 Å². The normalized spacial score (nSPS) is 27.9. The molecule has 0 aromatic heterocycles. The van der Waals surface area contributed by atoms with Crippen LogP contribution in [0.3, 0.4) is 0 Å². The van der Waals surface area contributed by atoms with Gasteiger partial charge in [-0.3, -0.25) is 19.8 Å². The first kappa shape index (κ1) is 28.8. The fraction of sp³-hybridized carbons (Fsp3) is 0.343. The van der Waals surface area contributed by atoms with E-state index in [1.165, 1.54) is 4.90 Å². The summed E-state index contributed by atoms with van der Waals surface area (Å²) in [5.74, 6) is -0.950. The number of benzene rings is 3. The number of quaternary nitrogens is 1. The van der Waals surface area contributed by atoms with Gasteiger partial charge in [0.15, 0.2) is 0 Å². The van der Waals surface area contributed by atoms with Crippen molar-refractivity contribution < 1.29 is 24.0 Å². The number of fused-ring (bicyclic) bond motifs is 4. The average Bonchev–Trinajstić information content (AvgIpc) is 3.07. The number of amides is 2. The number of thioether (sulfide) groups is 1. The maximum Gasteiger partial charge on any atom is 0.352 e. The molecular formula is C35H37N4O4S+. The largest absolute Gasteiger partial charge is 0.477 e. The van der Waals surface area contributed by atoms with Gasteiger partial charge in [0.25, 0.3) is 0 Å². The molecule has 9 heteroatoms. The van der Waals surface area contributed by atoms with Crippen molar-refractivity contribution in [3.8, 4) is 0 Å². The SMILES string of the molecule is NC(=O)C12CC[N+](CC3=C(C(=O)O)N4C(=O)[C@@H](NC(c5ccccc5)(c5ccccc5)c5ccccc5)[C@@H]4SC3)(CC1)CC2. The number of carbonyl (C=O) groups is 3. The monoisotopic (exact) mass is 609 g/mol. The molecule has 8 nitrogen and oxygen atoms in total. The first-order chi connectivity index (χ1) is 21.3. The molecule has 5 aliphatic heterocycles. The molecule has 5 heterocycles. The van der Waals surface area contributed by atoms with E-state index in [1.807, 2.05) is 54.6 Å². The number of carbonyl (C=O) groups excluding carboxylic acids is 2. The van der Waals surface area contributed by atoms with Crippen molar-refractivity contribution in [1.29, 1.82) is 0 Å². The molecule has 8 rings (SSSR count). The first-order valence-corrected chi connectivity index (χ1v) is 16.3. The summed E-state index contributed by atoms with van der Waals surface area (Å²) >= 11 is 1.63. The van der Waals surface area contributed by atoms with Crippen molar-refractivity contribution in [2.24, 2.45) is 11.1 Å². The fourth-order valence-corrected chi connectivity index (χ4v) is 9.26. The average molecular weight is 610 g/mol. The van der Waals surface area contributed by atoms with Crippen molar-refractivity contribution in [1.82, 2.24) is 10.2 Å². The Balaban J connectivity index is 1.22. The fourth-order valence-electron chi connectivity index (χ4n) is 7.93. The molecule has 3 aromatic rings. The summed E-state index contributed by atoms with van der Waals surface area (Å²) in [6.45, 7) is 3.00. The van der Waals surface area contributed by atoms with E-state index in [1.54, 1.807) is 11.8 Å². The van der Waals surface area contributed by atoms with E-state index in [4.69, 9.17) is 5.73 Å². The Morgan fingerprint density at radius 2 is 1.36 bits per heavy atom. The third-order valence-electron chi connectivity index (χ3n) is 10.5. The Kier molecular flexibility index (Phi) is 7.15. The molecule has 0 aliphatic carbocycles. The van der Waals surface area contributed by atoms with Crippen molar-refractivity contribution in [2.45, 2.75) is 36.2 Å². The summed E-state index contributed by atoms with van der Waals surface area (Å²) in [5, 5.41) is 13.9. The molecule has 4 fully saturated rings. The Morgan fingerprint density at radius 1 is 0.886 bits per heavy atom. The van der Waals surface area contributed by atoms with Gasteiger partial charge < -0.3 is 15.3 Å². The highest BCUT2D eigenvalue weighted by molar-refractivity contribution is 8.00. The van der Waals surface area contributed by atoms with Crippen LogP contribution in [-0.4, -0.2) is 75.6 Å². The molecular weight excluding hydrogens is 572 g/mol. The summed E-state index contributed by atoms with van der Waals surface area (Å²) in [7, 11) is 0. The van der Waals surface area contributed by atoms with Crippen LogP contribution in [-0.2, 0) is 19.9 Å². The summed E-state index contributed by atoms with van der Waals surface area (Å²) < 4.78 is 0.759. The van der Waals surface area contributed by atoms with Crippen LogP contribution in [0.15, 0.2) is 102 Å². The van der Waals surface area contributed by atoms with Crippen molar-refractivity contribution in [2.75, 3.05) is 31.9 Å². The van der Waals surface area contributed by atoms with Gasteiger partial charge >= 0.3 is 5.97 Å². The number of carboxylic acid groups (broad SMARTS) is 1. The van der Waals surface area contributed by atoms with E-state index in [0.29, 0.717) is 12.3 Å². The van der Waals surface area contributed by atoms with Crippen LogP contribution in [0.2, 0.25) is 0 Å². The Morgan fingerprint density at radius 3 is 1.80 bits per heavy atom. The molecule has 0 spiro atoms. The highest BCUT2D eigenvalue weighted by Gasteiger charge is 2.58. The molecule has 44 heavy (non-hydrogen) atoms. The lowest BCUT2D eigenvalue weighted by Crippen LogP contribution is -2.73. The number of nitrogens with zero attached hydrogens (tertiary/aromatic N) is 2. The minimum Gasteiger partial charge on any atom is -0.477 e. The zero-order valence-electron chi connectivity index (χ0n) is 24.5. The highest BCUT2D eigenvalue weighted by atomic mass is 32.2. The molecule has 2 amide bonds. The summed E-state index contributed by atoms with van der Waals surface area (Å²) in [6.07, 6.45) is 2.22. The number of rotatable bonds is 9. The maximum absolute atomic E-state index is 14.1. The Bertz CT molecular complexity index is 1510. The molecule has 4 saturated heterocycles. The quantitative estimate of drug-likeness (QED) is 0.194. The summed E-state index contributed by atoms with van der Waals surface area (Å²) in [5.41, 5.74) is 8.45. The summed E-state index contributed by atoms with van der Waals surface area (Å²) in [4.78, 5) is 40.6. The second-order valence-electron chi connectivity index (χ2n) is 12.7. The third-order valence-corrected chi connectivity index (χ3v) is 11.8.